The second-order valence-corrected chi connectivity index (χ2v) is 5.28. The van der Waals surface area contributed by atoms with Crippen molar-refractivity contribution in [1.82, 2.24) is 0 Å². The Kier molecular flexibility index (Phi) is 4.16. The molecule has 5 heteroatoms. The SMILES string of the molecule is Cc1ccc(-c2ccc(C=Nc3ccccc3O)o2)cc1C(=O)O. The minimum Gasteiger partial charge on any atom is -0.506 e. The van der Waals surface area contributed by atoms with E-state index in [4.69, 9.17) is 4.42 Å². The van der Waals surface area contributed by atoms with E-state index in [0.29, 0.717) is 28.3 Å². The fourth-order valence-corrected chi connectivity index (χ4v) is 2.29. The van der Waals surface area contributed by atoms with E-state index >= 15 is 0 Å². The smallest absolute Gasteiger partial charge is 0.335 e. The Morgan fingerprint density at radius 1 is 1.12 bits per heavy atom. The van der Waals surface area contributed by atoms with E-state index < -0.39 is 5.97 Å². The average Bonchev–Trinajstić information content (AvgIpc) is 3.03. The summed E-state index contributed by atoms with van der Waals surface area (Å²) in [5.74, 6) is 0.175. The Hall–Kier alpha value is -3.34. The van der Waals surface area contributed by atoms with E-state index in [2.05, 4.69) is 4.99 Å². The maximum Gasteiger partial charge on any atom is 0.335 e. The van der Waals surface area contributed by atoms with Crippen LogP contribution in [0.3, 0.4) is 0 Å². The van der Waals surface area contributed by atoms with Gasteiger partial charge in [-0.3, -0.25) is 0 Å². The van der Waals surface area contributed by atoms with Gasteiger partial charge in [0.05, 0.1) is 11.8 Å². The zero-order valence-electron chi connectivity index (χ0n) is 12.9. The molecule has 2 aromatic carbocycles. The van der Waals surface area contributed by atoms with Gasteiger partial charge in [-0.15, -0.1) is 0 Å². The summed E-state index contributed by atoms with van der Waals surface area (Å²) < 4.78 is 5.68. The van der Waals surface area contributed by atoms with E-state index in [1.54, 1.807) is 55.5 Å². The summed E-state index contributed by atoms with van der Waals surface area (Å²) in [5, 5.41) is 18.9. The molecule has 0 bridgehead atoms. The zero-order chi connectivity index (χ0) is 17.1. The predicted octanol–water partition coefficient (Wildman–Crippen LogP) is 4.41. The molecule has 0 radical (unpaired) electrons. The number of carboxylic acids is 1. The van der Waals surface area contributed by atoms with Crippen LogP contribution in [0.4, 0.5) is 5.69 Å². The van der Waals surface area contributed by atoms with Gasteiger partial charge in [0.15, 0.2) is 0 Å². The van der Waals surface area contributed by atoms with Crippen LogP contribution in [0.5, 0.6) is 5.75 Å². The Morgan fingerprint density at radius 3 is 2.67 bits per heavy atom. The Bertz CT molecular complexity index is 925. The highest BCUT2D eigenvalue weighted by Crippen LogP contribution is 2.26. The molecule has 0 spiro atoms. The predicted molar refractivity (Wildman–Crippen MR) is 91.2 cm³/mol. The molecule has 0 aliphatic heterocycles. The quantitative estimate of drug-likeness (QED) is 0.697. The normalized spacial score (nSPS) is 11.0. The lowest BCUT2D eigenvalue weighted by molar-refractivity contribution is 0.0696. The van der Waals surface area contributed by atoms with Gasteiger partial charge in [0, 0.05) is 5.56 Å². The lowest BCUT2D eigenvalue weighted by Gasteiger charge is -2.03. The molecule has 3 rings (SSSR count). The number of aromatic carboxylic acids is 1. The van der Waals surface area contributed by atoms with Gasteiger partial charge in [0.2, 0.25) is 0 Å². The number of carboxylic acid groups (broad SMARTS) is 1. The Morgan fingerprint density at radius 2 is 1.92 bits per heavy atom. The highest BCUT2D eigenvalue weighted by Gasteiger charge is 2.11. The molecule has 5 nitrogen and oxygen atoms in total. The van der Waals surface area contributed by atoms with Crippen LogP contribution in [0.25, 0.3) is 11.3 Å². The third kappa shape index (κ3) is 3.20. The number of rotatable bonds is 4. The van der Waals surface area contributed by atoms with E-state index in [1.165, 1.54) is 6.21 Å². The summed E-state index contributed by atoms with van der Waals surface area (Å²) >= 11 is 0. The number of para-hydroxylation sites is 2. The molecule has 1 heterocycles. The standard InChI is InChI=1S/C19H15NO4/c1-12-6-7-13(10-15(12)19(22)23)18-9-8-14(24-18)11-20-16-4-2-3-5-17(16)21/h2-11,21H,1H3,(H,22,23). The van der Waals surface area contributed by atoms with Crippen molar-refractivity contribution in [3.8, 4) is 17.1 Å². The molecular weight excluding hydrogens is 306 g/mol. The van der Waals surface area contributed by atoms with E-state index in [9.17, 15) is 15.0 Å². The van der Waals surface area contributed by atoms with Gasteiger partial charge in [-0.05, 0) is 42.8 Å². The van der Waals surface area contributed by atoms with Crippen LogP contribution in [0.1, 0.15) is 21.7 Å². The number of furan rings is 1. The van der Waals surface area contributed by atoms with Crippen LogP contribution in [-0.4, -0.2) is 22.4 Å². The summed E-state index contributed by atoms with van der Waals surface area (Å²) in [6.07, 6.45) is 1.50. The molecule has 24 heavy (non-hydrogen) atoms. The van der Waals surface area contributed by atoms with Crippen LogP contribution in [-0.2, 0) is 0 Å². The summed E-state index contributed by atoms with van der Waals surface area (Å²) in [5.41, 5.74) is 2.06. The molecule has 0 amide bonds. The van der Waals surface area contributed by atoms with Gasteiger partial charge in [0.25, 0.3) is 0 Å². The molecule has 0 saturated carbocycles. The second kappa shape index (κ2) is 6.42. The number of hydrogen-bond donors (Lipinski definition) is 2. The number of aryl methyl sites for hydroxylation is 1. The van der Waals surface area contributed by atoms with Crippen LogP contribution in [0.15, 0.2) is 64.0 Å². The van der Waals surface area contributed by atoms with Crippen molar-refractivity contribution in [2.45, 2.75) is 6.92 Å². The summed E-state index contributed by atoms with van der Waals surface area (Å²) in [6.45, 7) is 1.75. The first-order chi connectivity index (χ1) is 11.5. The summed E-state index contributed by atoms with van der Waals surface area (Å²) in [4.78, 5) is 15.4. The molecule has 0 fully saturated rings. The first kappa shape index (κ1) is 15.6. The molecule has 1 aromatic heterocycles. The van der Waals surface area contributed by atoms with Gasteiger partial charge < -0.3 is 14.6 Å². The van der Waals surface area contributed by atoms with Gasteiger partial charge in [-0.25, -0.2) is 9.79 Å². The van der Waals surface area contributed by atoms with Gasteiger partial charge in [-0.2, -0.15) is 0 Å². The largest absolute Gasteiger partial charge is 0.506 e. The van der Waals surface area contributed by atoms with Crippen LogP contribution in [0.2, 0.25) is 0 Å². The number of aliphatic imine (C=N–C) groups is 1. The number of phenolic OH excluding ortho intramolecular Hbond substituents is 1. The monoisotopic (exact) mass is 321 g/mol. The number of carbonyl (C=O) groups is 1. The third-order valence-corrected chi connectivity index (χ3v) is 3.59. The van der Waals surface area contributed by atoms with Crippen molar-refractivity contribution in [3.05, 3.63) is 71.5 Å². The van der Waals surface area contributed by atoms with Crippen LogP contribution >= 0.6 is 0 Å². The Labute approximate surface area is 138 Å². The zero-order valence-corrected chi connectivity index (χ0v) is 12.9. The third-order valence-electron chi connectivity index (χ3n) is 3.59. The van der Waals surface area contributed by atoms with Crippen molar-refractivity contribution in [2.75, 3.05) is 0 Å². The van der Waals surface area contributed by atoms with E-state index in [1.807, 2.05) is 6.07 Å². The molecule has 120 valence electrons. The molecule has 3 aromatic rings. The van der Waals surface area contributed by atoms with Gasteiger partial charge >= 0.3 is 5.97 Å². The lowest BCUT2D eigenvalue weighted by atomic mass is 10.0. The number of aromatic hydroxyl groups is 1. The molecule has 0 atom stereocenters. The van der Waals surface area contributed by atoms with Crippen molar-refractivity contribution >= 4 is 17.9 Å². The first-order valence-corrected chi connectivity index (χ1v) is 7.31. The van der Waals surface area contributed by atoms with E-state index in [0.717, 1.165) is 0 Å². The minimum absolute atomic E-state index is 0.0881. The van der Waals surface area contributed by atoms with Crippen LogP contribution in [0, 0.1) is 6.92 Å². The van der Waals surface area contributed by atoms with Crippen LogP contribution < -0.4 is 0 Å². The fraction of sp³-hybridized carbons (Fsp3) is 0.0526. The molecule has 0 aliphatic rings. The number of benzene rings is 2. The molecule has 0 saturated heterocycles. The molecule has 0 unspecified atom stereocenters. The minimum atomic E-state index is -0.970. The maximum atomic E-state index is 11.2. The molecule has 0 aliphatic carbocycles. The first-order valence-electron chi connectivity index (χ1n) is 7.31. The maximum absolute atomic E-state index is 11.2. The Balaban J connectivity index is 1.87. The van der Waals surface area contributed by atoms with Crippen molar-refractivity contribution < 1.29 is 19.4 Å². The molecular formula is C19H15NO4. The highest BCUT2D eigenvalue weighted by atomic mass is 16.4. The summed E-state index contributed by atoms with van der Waals surface area (Å²) in [6, 6.07) is 15.4. The van der Waals surface area contributed by atoms with Crippen molar-refractivity contribution in [3.63, 3.8) is 0 Å². The second-order valence-electron chi connectivity index (χ2n) is 5.28. The average molecular weight is 321 g/mol. The van der Waals surface area contributed by atoms with Gasteiger partial charge in [-0.1, -0.05) is 24.3 Å². The topological polar surface area (TPSA) is 83.0 Å². The number of nitrogens with zero attached hydrogens (tertiary/aromatic N) is 1. The molecule has 2 N–H and O–H groups in total. The highest BCUT2D eigenvalue weighted by molar-refractivity contribution is 5.91. The van der Waals surface area contributed by atoms with Crippen molar-refractivity contribution in [1.29, 1.82) is 0 Å². The number of phenols is 1. The summed E-state index contributed by atoms with van der Waals surface area (Å²) in [7, 11) is 0. The lowest BCUT2D eigenvalue weighted by Crippen LogP contribution is -1.99. The fourth-order valence-electron chi connectivity index (χ4n) is 2.29. The van der Waals surface area contributed by atoms with Crippen molar-refractivity contribution in [2.24, 2.45) is 4.99 Å². The van der Waals surface area contributed by atoms with Gasteiger partial charge in [0.1, 0.15) is 23.0 Å². The number of hydrogen-bond acceptors (Lipinski definition) is 4. The van der Waals surface area contributed by atoms with E-state index in [-0.39, 0.29) is 11.3 Å².